The van der Waals surface area contributed by atoms with Crippen LogP contribution in [-0.2, 0) is 6.61 Å². The summed E-state index contributed by atoms with van der Waals surface area (Å²) in [7, 11) is 0. The van der Waals surface area contributed by atoms with Crippen molar-refractivity contribution in [3.63, 3.8) is 0 Å². The van der Waals surface area contributed by atoms with Gasteiger partial charge in [-0.15, -0.1) is 0 Å². The molecule has 2 aromatic rings. The summed E-state index contributed by atoms with van der Waals surface area (Å²) in [5.41, 5.74) is 0.583. The minimum absolute atomic E-state index is 0.0589. The Kier molecular flexibility index (Phi) is 3.91. The first kappa shape index (κ1) is 13.0. The predicted molar refractivity (Wildman–Crippen MR) is 64.8 cm³/mol. The van der Waals surface area contributed by atoms with Crippen LogP contribution >= 0.6 is 15.9 Å². The van der Waals surface area contributed by atoms with Crippen LogP contribution in [0.1, 0.15) is 5.56 Å². The Bertz CT molecular complexity index is 572. The van der Waals surface area contributed by atoms with Gasteiger partial charge >= 0.3 is 0 Å². The van der Waals surface area contributed by atoms with E-state index in [0.29, 0.717) is 10.0 Å². The van der Waals surface area contributed by atoms with Crippen molar-refractivity contribution >= 4 is 15.9 Å². The normalized spacial score (nSPS) is 10.4. The molecule has 2 rings (SSSR count). The van der Waals surface area contributed by atoms with Crippen LogP contribution in [0.5, 0.6) is 5.75 Å². The Labute approximate surface area is 110 Å². The molecule has 0 radical (unpaired) electrons. The molecule has 0 saturated carbocycles. The molecule has 0 atom stereocenters. The highest BCUT2D eigenvalue weighted by Gasteiger charge is 2.07. The fourth-order valence-corrected chi connectivity index (χ4v) is 1.77. The maximum atomic E-state index is 13.2. The van der Waals surface area contributed by atoms with E-state index in [4.69, 9.17) is 4.74 Å². The van der Waals surface area contributed by atoms with Gasteiger partial charge < -0.3 is 4.74 Å². The van der Waals surface area contributed by atoms with E-state index in [1.165, 1.54) is 12.1 Å². The van der Waals surface area contributed by atoms with Crippen molar-refractivity contribution in [1.82, 2.24) is 0 Å². The lowest BCUT2D eigenvalue weighted by Crippen LogP contribution is -1.98. The largest absolute Gasteiger partial charge is 0.489 e. The standard InChI is InChI=1S/C13H8BrF3O/c14-13-8(2-1-3-11(13)16)7-18-9-4-5-10(15)12(17)6-9/h1-6H,7H2. The molecule has 1 nitrogen and oxygen atoms in total. The summed E-state index contributed by atoms with van der Waals surface area (Å²) < 4.78 is 44.4. The van der Waals surface area contributed by atoms with Gasteiger partial charge in [-0.2, -0.15) is 0 Å². The summed E-state index contributed by atoms with van der Waals surface area (Å²) in [6.45, 7) is 0.0589. The number of halogens is 4. The van der Waals surface area contributed by atoms with Crippen LogP contribution in [0, 0.1) is 17.5 Å². The average molecular weight is 317 g/mol. The molecule has 0 aliphatic carbocycles. The van der Waals surface area contributed by atoms with Crippen LogP contribution in [0.3, 0.4) is 0 Å². The van der Waals surface area contributed by atoms with Crippen molar-refractivity contribution < 1.29 is 17.9 Å². The van der Waals surface area contributed by atoms with Crippen LogP contribution < -0.4 is 4.74 Å². The van der Waals surface area contributed by atoms with E-state index in [0.717, 1.165) is 12.1 Å². The van der Waals surface area contributed by atoms with E-state index >= 15 is 0 Å². The second-order valence-electron chi connectivity index (χ2n) is 3.58. The van der Waals surface area contributed by atoms with E-state index in [2.05, 4.69) is 15.9 Å². The lowest BCUT2D eigenvalue weighted by molar-refractivity contribution is 0.301. The van der Waals surface area contributed by atoms with Gasteiger partial charge in [0.05, 0.1) is 4.47 Å². The second kappa shape index (κ2) is 5.44. The molecular weight excluding hydrogens is 309 g/mol. The first-order valence-electron chi connectivity index (χ1n) is 5.08. The number of hydrogen-bond acceptors (Lipinski definition) is 1. The maximum Gasteiger partial charge on any atom is 0.162 e. The van der Waals surface area contributed by atoms with E-state index in [9.17, 15) is 13.2 Å². The quantitative estimate of drug-likeness (QED) is 0.813. The summed E-state index contributed by atoms with van der Waals surface area (Å²) in [6, 6.07) is 7.77. The van der Waals surface area contributed by atoms with Crippen molar-refractivity contribution in [2.75, 3.05) is 0 Å². The topological polar surface area (TPSA) is 9.23 Å². The summed E-state index contributed by atoms with van der Waals surface area (Å²) in [5.74, 6) is -2.13. The van der Waals surface area contributed by atoms with Gasteiger partial charge in [0.2, 0.25) is 0 Å². The van der Waals surface area contributed by atoms with E-state index in [1.807, 2.05) is 0 Å². The maximum absolute atomic E-state index is 13.2. The fraction of sp³-hybridized carbons (Fsp3) is 0.0769. The van der Waals surface area contributed by atoms with E-state index < -0.39 is 17.5 Å². The van der Waals surface area contributed by atoms with Crippen molar-refractivity contribution in [2.45, 2.75) is 6.61 Å². The molecule has 0 aromatic heterocycles. The Morgan fingerprint density at radius 1 is 0.944 bits per heavy atom. The predicted octanol–water partition coefficient (Wildman–Crippen LogP) is 4.45. The molecule has 0 fully saturated rings. The molecule has 2 aromatic carbocycles. The zero-order valence-electron chi connectivity index (χ0n) is 9.09. The molecule has 0 heterocycles. The Morgan fingerprint density at radius 2 is 1.72 bits per heavy atom. The molecule has 18 heavy (non-hydrogen) atoms. The molecule has 0 bridgehead atoms. The van der Waals surface area contributed by atoms with Gasteiger partial charge in [-0.1, -0.05) is 12.1 Å². The molecular formula is C13H8BrF3O. The van der Waals surface area contributed by atoms with Crippen LogP contribution in [-0.4, -0.2) is 0 Å². The molecule has 0 spiro atoms. The molecule has 5 heteroatoms. The summed E-state index contributed by atoms with van der Waals surface area (Å²) in [6.07, 6.45) is 0. The summed E-state index contributed by atoms with van der Waals surface area (Å²) in [4.78, 5) is 0. The van der Waals surface area contributed by atoms with Crippen LogP contribution in [0.25, 0.3) is 0 Å². The number of rotatable bonds is 3. The fourth-order valence-electron chi connectivity index (χ4n) is 1.39. The van der Waals surface area contributed by atoms with Gasteiger partial charge in [-0.05, 0) is 34.1 Å². The second-order valence-corrected chi connectivity index (χ2v) is 4.37. The van der Waals surface area contributed by atoms with Gasteiger partial charge in [0.15, 0.2) is 11.6 Å². The smallest absolute Gasteiger partial charge is 0.162 e. The minimum Gasteiger partial charge on any atom is -0.489 e. The van der Waals surface area contributed by atoms with Gasteiger partial charge in [0.1, 0.15) is 18.2 Å². The third-order valence-corrected chi connectivity index (χ3v) is 3.21. The SMILES string of the molecule is Fc1ccc(OCc2cccc(F)c2Br)cc1F. The first-order valence-corrected chi connectivity index (χ1v) is 5.88. The summed E-state index contributed by atoms with van der Waals surface area (Å²) >= 11 is 3.09. The van der Waals surface area contributed by atoms with Crippen LogP contribution in [0.2, 0.25) is 0 Å². The van der Waals surface area contributed by atoms with Gasteiger partial charge in [0, 0.05) is 11.6 Å². The first-order chi connectivity index (χ1) is 8.58. The third kappa shape index (κ3) is 2.85. The average Bonchev–Trinajstić information content (AvgIpc) is 2.35. The Morgan fingerprint density at radius 3 is 2.44 bits per heavy atom. The molecule has 0 saturated heterocycles. The van der Waals surface area contributed by atoms with Crippen molar-refractivity contribution in [2.24, 2.45) is 0 Å². The van der Waals surface area contributed by atoms with Crippen LogP contribution in [0.15, 0.2) is 40.9 Å². The van der Waals surface area contributed by atoms with Crippen molar-refractivity contribution in [1.29, 1.82) is 0 Å². The monoisotopic (exact) mass is 316 g/mol. The molecule has 94 valence electrons. The Hall–Kier alpha value is -1.49. The zero-order chi connectivity index (χ0) is 13.1. The van der Waals surface area contributed by atoms with Crippen molar-refractivity contribution in [3.05, 3.63) is 63.9 Å². The molecule has 0 amide bonds. The lowest BCUT2D eigenvalue weighted by atomic mass is 10.2. The number of ether oxygens (including phenoxy) is 1. The lowest BCUT2D eigenvalue weighted by Gasteiger charge is -2.08. The molecule has 0 aliphatic rings. The Balaban J connectivity index is 2.11. The van der Waals surface area contributed by atoms with Crippen LogP contribution in [0.4, 0.5) is 13.2 Å². The zero-order valence-corrected chi connectivity index (χ0v) is 10.7. The summed E-state index contributed by atoms with van der Waals surface area (Å²) in [5, 5.41) is 0. The number of hydrogen-bond donors (Lipinski definition) is 0. The third-order valence-electron chi connectivity index (χ3n) is 2.32. The molecule has 0 N–H and O–H groups in total. The highest BCUT2D eigenvalue weighted by Crippen LogP contribution is 2.23. The highest BCUT2D eigenvalue weighted by molar-refractivity contribution is 9.10. The van der Waals surface area contributed by atoms with Gasteiger partial charge in [-0.25, -0.2) is 13.2 Å². The minimum atomic E-state index is -0.981. The molecule has 0 unspecified atom stereocenters. The van der Waals surface area contributed by atoms with E-state index in [1.54, 1.807) is 12.1 Å². The van der Waals surface area contributed by atoms with Gasteiger partial charge in [-0.3, -0.25) is 0 Å². The van der Waals surface area contributed by atoms with E-state index in [-0.39, 0.29) is 12.4 Å². The highest BCUT2D eigenvalue weighted by atomic mass is 79.9. The number of benzene rings is 2. The van der Waals surface area contributed by atoms with Crippen molar-refractivity contribution in [3.8, 4) is 5.75 Å². The molecule has 0 aliphatic heterocycles. The van der Waals surface area contributed by atoms with Gasteiger partial charge in [0.25, 0.3) is 0 Å².